The predicted octanol–water partition coefficient (Wildman–Crippen LogP) is 9.46. The molecule has 186 valence electrons. The molecule has 0 saturated carbocycles. The molecule has 0 aliphatic heterocycles. The number of benzene rings is 5. The average molecular weight is 567 g/mol. The molecule has 0 fully saturated rings. The van der Waals surface area contributed by atoms with E-state index in [2.05, 4.69) is 144 Å². The second-order valence-electron chi connectivity index (χ2n) is 10.8. The summed E-state index contributed by atoms with van der Waals surface area (Å²) in [5.74, 6) is 0.695. The molecule has 5 aromatic carbocycles. The molecule has 0 unspecified atom stereocenters. The maximum atomic E-state index is 5.35. The van der Waals surface area contributed by atoms with Gasteiger partial charge in [-0.2, -0.15) is 0 Å². The SMILES string of the molecule is CC1(C)c2cc(-c3ccccc3)ccc2-c2nc(-n3c4ccccc4c4cc(Br)ccc43)nc3cccc1c23. The minimum Gasteiger partial charge on any atom is -0.278 e. The Morgan fingerprint density at radius 3 is 2.31 bits per heavy atom. The predicted molar refractivity (Wildman–Crippen MR) is 165 cm³/mol. The highest BCUT2D eigenvalue weighted by atomic mass is 79.9. The summed E-state index contributed by atoms with van der Waals surface area (Å²) in [6.45, 7) is 4.63. The lowest BCUT2D eigenvalue weighted by atomic mass is 9.69. The molecule has 1 aliphatic carbocycles. The van der Waals surface area contributed by atoms with Crippen LogP contribution in [0.5, 0.6) is 0 Å². The molecule has 0 atom stereocenters. The second-order valence-corrected chi connectivity index (χ2v) is 11.8. The lowest BCUT2D eigenvalue weighted by molar-refractivity contribution is 0.644. The number of halogens is 1. The fourth-order valence-electron chi connectivity index (χ4n) is 6.37. The van der Waals surface area contributed by atoms with Crippen LogP contribution < -0.4 is 0 Å². The number of para-hydroxylation sites is 1. The molecule has 0 amide bonds. The van der Waals surface area contributed by atoms with Crippen molar-refractivity contribution < 1.29 is 0 Å². The minimum absolute atomic E-state index is 0.184. The third kappa shape index (κ3) is 3.22. The molecule has 0 spiro atoms. The van der Waals surface area contributed by atoms with Crippen LogP contribution >= 0.6 is 15.9 Å². The first-order valence-electron chi connectivity index (χ1n) is 13.2. The number of hydrogen-bond donors (Lipinski definition) is 0. The number of fused-ring (bicyclic) bond motifs is 5. The normalized spacial score (nSPS) is 13.7. The molecule has 0 N–H and O–H groups in total. The molecular formula is C35H24BrN3. The zero-order valence-corrected chi connectivity index (χ0v) is 23.2. The monoisotopic (exact) mass is 565 g/mol. The van der Waals surface area contributed by atoms with Crippen LogP contribution in [-0.2, 0) is 5.41 Å². The van der Waals surface area contributed by atoms with Gasteiger partial charge >= 0.3 is 0 Å². The van der Waals surface area contributed by atoms with Gasteiger partial charge in [0, 0.05) is 31.6 Å². The van der Waals surface area contributed by atoms with E-state index in [0.29, 0.717) is 5.95 Å². The zero-order valence-electron chi connectivity index (χ0n) is 21.6. The molecule has 3 nitrogen and oxygen atoms in total. The lowest BCUT2D eigenvalue weighted by Gasteiger charge is -2.35. The topological polar surface area (TPSA) is 30.7 Å². The van der Waals surface area contributed by atoms with Gasteiger partial charge in [-0.3, -0.25) is 4.57 Å². The fraction of sp³-hybridized carbons (Fsp3) is 0.0857. The van der Waals surface area contributed by atoms with Crippen molar-refractivity contribution in [3.63, 3.8) is 0 Å². The Hall–Kier alpha value is -4.28. The van der Waals surface area contributed by atoms with Crippen molar-refractivity contribution >= 4 is 48.6 Å². The number of nitrogens with zero attached hydrogens (tertiary/aromatic N) is 3. The summed E-state index contributed by atoms with van der Waals surface area (Å²) < 4.78 is 3.26. The van der Waals surface area contributed by atoms with E-state index in [1.165, 1.54) is 38.6 Å². The summed E-state index contributed by atoms with van der Waals surface area (Å²) in [5, 5.41) is 3.52. The van der Waals surface area contributed by atoms with E-state index in [1.807, 2.05) is 0 Å². The summed E-state index contributed by atoms with van der Waals surface area (Å²) in [4.78, 5) is 10.5. The van der Waals surface area contributed by atoms with Crippen LogP contribution in [0.4, 0.5) is 0 Å². The minimum atomic E-state index is -0.184. The van der Waals surface area contributed by atoms with Crippen LogP contribution in [-0.4, -0.2) is 14.5 Å². The van der Waals surface area contributed by atoms with Crippen LogP contribution in [0.1, 0.15) is 25.0 Å². The smallest absolute Gasteiger partial charge is 0.235 e. The first-order chi connectivity index (χ1) is 19.0. The van der Waals surface area contributed by atoms with E-state index in [9.17, 15) is 0 Å². The maximum absolute atomic E-state index is 5.35. The molecule has 1 aliphatic rings. The first-order valence-corrected chi connectivity index (χ1v) is 14.0. The Balaban J connectivity index is 1.46. The second kappa shape index (κ2) is 8.11. The Morgan fingerprint density at radius 2 is 1.44 bits per heavy atom. The van der Waals surface area contributed by atoms with E-state index in [1.54, 1.807) is 0 Å². The summed E-state index contributed by atoms with van der Waals surface area (Å²) in [6.07, 6.45) is 0. The van der Waals surface area contributed by atoms with Gasteiger partial charge in [0.25, 0.3) is 0 Å². The molecular weight excluding hydrogens is 542 g/mol. The van der Waals surface area contributed by atoms with Gasteiger partial charge in [0.2, 0.25) is 5.95 Å². The Kier molecular flexibility index (Phi) is 4.72. The highest BCUT2D eigenvalue weighted by Gasteiger charge is 2.35. The van der Waals surface area contributed by atoms with Gasteiger partial charge in [-0.15, -0.1) is 0 Å². The third-order valence-corrected chi connectivity index (χ3v) is 8.77. The molecule has 7 aromatic rings. The van der Waals surface area contributed by atoms with Crippen molar-refractivity contribution in [3.8, 4) is 28.3 Å². The Bertz CT molecular complexity index is 2110. The van der Waals surface area contributed by atoms with Crippen molar-refractivity contribution in [2.75, 3.05) is 0 Å². The highest BCUT2D eigenvalue weighted by molar-refractivity contribution is 9.10. The number of rotatable bonds is 2. The lowest BCUT2D eigenvalue weighted by Crippen LogP contribution is -2.24. The quantitative estimate of drug-likeness (QED) is 0.209. The summed E-state index contributed by atoms with van der Waals surface area (Å²) in [6, 6.07) is 38.9. The van der Waals surface area contributed by atoms with Gasteiger partial charge in [0.05, 0.1) is 22.2 Å². The van der Waals surface area contributed by atoms with Crippen molar-refractivity contribution in [2.45, 2.75) is 19.3 Å². The number of hydrogen-bond acceptors (Lipinski definition) is 2. The van der Waals surface area contributed by atoms with Crippen LogP contribution in [0.25, 0.3) is 61.0 Å². The molecule has 8 rings (SSSR count). The molecule has 0 bridgehead atoms. The molecule has 2 aromatic heterocycles. The van der Waals surface area contributed by atoms with Gasteiger partial charge in [-0.25, -0.2) is 9.97 Å². The average Bonchev–Trinajstić information content (AvgIpc) is 3.29. The summed E-state index contributed by atoms with van der Waals surface area (Å²) in [5.41, 5.74) is 10.2. The molecule has 2 heterocycles. The molecule has 4 heteroatoms. The summed E-state index contributed by atoms with van der Waals surface area (Å²) in [7, 11) is 0. The van der Waals surface area contributed by atoms with Crippen molar-refractivity contribution in [2.24, 2.45) is 0 Å². The van der Waals surface area contributed by atoms with Crippen LogP contribution in [0.15, 0.2) is 114 Å². The van der Waals surface area contributed by atoms with Crippen molar-refractivity contribution in [1.29, 1.82) is 0 Å². The van der Waals surface area contributed by atoms with E-state index >= 15 is 0 Å². The van der Waals surface area contributed by atoms with Crippen LogP contribution in [0, 0.1) is 0 Å². The Labute approximate surface area is 234 Å². The highest BCUT2D eigenvalue weighted by Crippen LogP contribution is 2.49. The fourth-order valence-corrected chi connectivity index (χ4v) is 6.73. The third-order valence-electron chi connectivity index (χ3n) is 8.27. The van der Waals surface area contributed by atoms with Gasteiger partial charge in [-0.1, -0.05) is 103 Å². The van der Waals surface area contributed by atoms with E-state index < -0.39 is 0 Å². The standard InChI is InChI=1S/C35H24BrN3/c1-35(2)27-12-8-13-29-32(27)33(25-17-15-22(19-28(25)35)21-9-4-3-5-10-21)38-34(37-29)39-30-14-7-6-11-24(30)26-20-23(36)16-18-31(26)39/h3-20H,1-2H3. The van der Waals surface area contributed by atoms with E-state index in [4.69, 9.17) is 9.97 Å². The van der Waals surface area contributed by atoms with E-state index in [0.717, 1.165) is 32.1 Å². The largest absolute Gasteiger partial charge is 0.278 e. The van der Waals surface area contributed by atoms with Gasteiger partial charge in [-0.05, 0) is 58.7 Å². The summed E-state index contributed by atoms with van der Waals surface area (Å²) >= 11 is 3.67. The van der Waals surface area contributed by atoms with Gasteiger partial charge in [0.1, 0.15) is 0 Å². The van der Waals surface area contributed by atoms with Gasteiger partial charge in [0.15, 0.2) is 0 Å². The van der Waals surface area contributed by atoms with E-state index in [-0.39, 0.29) is 5.41 Å². The zero-order chi connectivity index (χ0) is 26.3. The van der Waals surface area contributed by atoms with Crippen LogP contribution in [0.3, 0.4) is 0 Å². The maximum Gasteiger partial charge on any atom is 0.235 e. The number of aromatic nitrogens is 3. The van der Waals surface area contributed by atoms with Crippen LogP contribution in [0.2, 0.25) is 0 Å². The molecule has 0 radical (unpaired) electrons. The molecule has 39 heavy (non-hydrogen) atoms. The molecule has 0 saturated heterocycles. The van der Waals surface area contributed by atoms with Crippen molar-refractivity contribution in [3.05, 3.63) is 125 Å². The Morgan fingerprint density at radius 1 is 0.641 bits per heavy atom. The first kappa shape index (κ1) is 22.7. The van der Waals surface area contributed by atoms with Crippen molar-refractivity contribution in [1.82, 2.24) is 14.5 Å². The van der Waals surface area contributed by atoms with Gasteiger partial charge < -0.3 is 0 Å².